The Labute approximate surface area is 88.7 Å². The summed E-state index contributed by atoms with van der Waals surface area (Å²) in [7, 11) is 4.44. The fourth-order valence-electron chi connectivity index (χ4n) is 1.86. The molecule has 1 aliphatic rings. The van der Waals surface area contributed by atoms with Crippen LogP contribution in [0.15, 0.2) is 0 Å². The van der Waals surface area contributed by atoms with Gasteiger partial charge in [0.25, 0.3) is 0 Å². The summed E-state index contributed by atoms with van der Waals surface area (Å²) in [6.45, 7) is -0.285. The maximum absolute atomic E-state index is 9.93. The quantitative estimate of drug-likeness (QED) is 0.605. The van der Waals surface area contributed by atoms with Gasteiger partial charge in [0.1, 0.15) is 18.3 Å². The van der Waals surface area contributed by atoms with Crippen molar-refractivity contribution in [2.45, 2.75) is 24.1 Å². The van der Waals surface area contributed by atoms with Gasteiger partial charge < -0.3 is 29.2 Å². The summed E-state index contributed by atoms with van der Waals surface area (Å²) in [6, 6.07) is 0. The number of ether oxygens (including phenoxy) is 4. The molecule has 1 saturated heterocycles. The maximum atomic E-state index is 9.93. The Kier molecular flexibility index (Phi) is 4.45. The van der Waals surface area contributed by atoms with Gasteiger partial charge in [-0.3, -0.25) is 0 Å². The number of aliphatic hydroxyl groups excluding tert-OH is 1. The van der Waals surface area contributed by atoms with Gasteiger partial charge >= 0.3 is 0 Å². The van der Waals surface area contributed by atoms with Crippen LogP contribution in [-0.2, 0) is 18.9 Å². The summed E-state index contributed by atoms with van der Waals surface area (Å²) in [5.74, 6) is -1.72. The molecule has 6 heteroatoms. The number of methoxy groups -OCH3 is 3. The average Bonchev–Trinajstić information content (AvgIpc) is 2.51. The number of hydrogen-bond donors (Lipinski definition) is 2. The summed E-state index contributed by atoms with van der Waals surface area (Å²) in [5, 5.41) is 19.0. The van der Waals surface area contributed by atoms with Gasteiger partial charge in [-0.05, 0) is 0 Å². The molecule has 1 rings (SSSR count). The highest BCUT2D eigenvalue weighted by Crippen LogP contribution is 2.32. The van der Waals surface area contributed by atoms with Crippen molar-refractivity contribution < 1.29 is 29.2 Å². The molecule has 15 heavy (non-hydrogen) atoms. The minimum absolute atomic E-state index is 0.265. The number of hydrogen-bond acceptors (Lipinski definition) is 6. The largest absolute Gasteiger partial charge is 0.391 e. The van der Waals surface area contributed by atoms with Crippen molar-refractivity contribution in [1.29, 1.82) is 0 Å². The van der Waals surface area contributed by atoms with Gasteiger partial charge in [-0.1, -0.05) is 0 Å². The Morgan fingerprint density at radius 2 is 1.93 bits per heavy atom. The van der Waals surface area contributed by atoms with Gasteiger partial charge in [-0.25, -0.2) is 0 Å². The molecule has 0 aromatic carbocycles. The van der Waals surface area contributed by atoms with E-state index in [2.05, 4.69) is 0 Å². The van der Waals surface area contributed by atoms with Crippen molar-refractivity contribution in [3.8, 4) is 0 Å². The monoisotopic (exact) mass is 222 g/mol. The third-order valence-corrected chi connectivity index (χ3v) is 2.55. The first kappa shape index (κ1) is 12.8. The fourth-order valence-corrected chi connectivity index (χ4v) is 1.86. The highest BCUT2D eigenvalue weighted by molar-refractivity contribution is 4.97. The lowest BCUT2D eigenvalue weighted by Crippen LogP contribution is -2.47. The molecule has 1 fully saturated rings. The molecule has 90 valence electrons. The van der Waals surface area contributed by atoms with Crippen LogP contribution in [-0.4, -0.2) is 68.9 Å². The molecule has 4 atom stereocenters. The van der Waals surface area contributed by atoms with E-state index in [-0.39, 0.29) is 6.61 Å². The van der Waals surface area contributed by atoms with Crippen LogP contribution in [0.3, 0.4) is 0 Å². The first-order valence-corrected chi connectivity index (χ1v) is 4.68. The lowest BCUT2D eigenvalue weighted by Gasteiger charge is -2.26. The van der Waals surface area contributed by atoms with Crippen molar-refractivity contribution in [2.75, 3.05) is 34.5 Å². The minimum atomic E-state index is -1.72. The molecular formula is C9H18O6. The van der Waals surface area contributed by atoms with Gasteiger partial charge in [0.2, 0.25) is 5.79 Å². The highest BCUT2D eigenvalue weighted by Gasteiger charge is 2.55. The molecule has 0 spiro atoms. The van der Waals surface area contributed by atoms with Gasteiger partial charge in [-0.2, -0.15) is 0 Å². The molecule has 0 aromatic heterocycles. The summed E-state index contributed by atoms with van der Waals surface area (Å²) >= 11 is 0. The van der Waals surface area contributed by atoms with E-state index >= 15 is 0 Å². The zero-order valence-corrected chi connectivity index (χ0v) is 9.17. The highest BCUT2D eigenvalue weighted by atomic mass is 16.7. The van der Waals surface area contributed by atoms with Crippen LogP contribution in [0.4, 0.5) is 0 Å². The van der Waals surface area contributed by atoms with Crippen molar-refractivity contribution in [1.82, 2.24) is 0 Å². The fraction of sp³-hybridized carbons (Fsp3) is 1.00. The zero-order chi connectivity index (χ0) is 11.5. The van der Waals surface area contributed by atoms with Crippen LogP contribution >= 0.6 is 0 Å². The Hall–Kier alpha value is -0.240. The lowest BCUT2D eigenvalue weighted by atomic mass is 10.1. The van der Waals surface area contributed by atoms with E-state index in [1.807, 2.05) is 0 Å². The summed E-state index contributed by atoms with van der Waals surface area (Å²) in [4.78, 5) is 0. The molecule has 1 heterocycles. The van der Waals surface area contributed by atoms with Crippen LogP contribution in [0.1, 0.15) is 0 Å². The molecule has 0 aromatic rings. The normalized spacial score (nSPS) is 41.0. The first-order chi connectivity index (χ1) is 7.12. The second kappa shape index (κ2) is 5.20. The Bertz CT molecular complexity index is 199. The van der Waals surface area contributed by atoms with Crippen LogP contribution in [0, 0.1) is 0 Å². The van der Waals surface area contributed by atoms with Crippen LogP contribution in [0.25, 0.3) is 0 Å². The van der Waals surface area contributed by atoms with E-state index in [4.69, 9.17) is 24.1 Å². The first-order valence-electron chi connectivity index (χ1n) is 4.68. The number of aliphatic hydroxyl groups is 2. The van der Waals surface area contributed by atoms with E-state index in [0.29, 0.717) is 0 Å². The minimum Gasteiger partial charge on any atom is -0.391 e. The van der Waals surface area contributed by atoms with Gasteiger partial charge in [0.05, 0.1) is 13.2 Å². The third-order valence-electron chi connectivity index (χ3n) is 2.55. The van der Waals surface area contributed by atoms with Gasteiger partial charge in [0.15, 0.2) is 0 Å². The molecule has 0 radical (unpaired) electrons. The van der Waals surface area contributed by atoms with E-state index in [0.717, 1.165) is 0 Å². The van der Waals surface area contributed by atoms with Gasteiger partial charge in [0, 0.05) is 21.3 Å². The van der Waals surface area contributed by atoms with Crippen LogP contribution in [0.5, 0.6) is 0 Å². The molecule has 0 aliphatic carbocycles. The second-order valence-electron chi connectivity index (χ2n) is 3.47. The van der Waals surface area contributed by atoms with Crippen LogP contribution in [0.2, 0.25) is 0 Å². The van der Waals surface area contributed by atoms with Gasteiger partial charge in [-0.15, -0.1) is 0 Å². The Balaban J connectivity index is 2.80. The molecule has 6 nitrogen and oxygen atoms in total. The lowest BCUT2D eigenvalue weighted by molar-refractivity contribution is -0.253. The smallest absolute Gasteiger partial charge is 0.219 e. The van der Waals surface area contributed by atoms with E-state index in [1.54, 1.807) is 0 Å². The molecular weight excluding hydrogens is 204 g/mol. The van der Waals surface area contributed by atoms with Crippen molar-refractivity contribution in [2.24, 2.45) is 0 Å². The van der Waals surface area contributed by atoms with E-state index in [9.17, 15) is 5.11 Å². The van der Waals surface area contributed by atoms with Crippen molar-refractivity contribution >= 4 is 0 Å². The summed E-state index contributed by atoms with van der Waals surface area (Å²) in [6.07, 6.45) is -1.65. The predicted octanol–water partition coefficient (Wildman–Crippen LogP) is -1.26. The SMILES string of the molecule is COC[C@H]1O[C@@](O)(CO)[C@@H](OC)[C@@H]1OC. The molecule has 0 amide bonds. The second-order valence-corrected chi connectivity index (χ2v) is 3.47. The van der Waals surface area contributed by atoms with E-state index < -0.39 is 30.7 Å². The standard InChI is InChI=1S/C9H18O6/c1-12-4-6-7(13-2)8(14-3)9(11,5-10)15-6/h6-8,10-11H,4-5H2,1-3H3/t6-,7-,8+,9+/m1/s1. The maximum Gasteiger partial charge on any atom is 0.219 e. The summed E-state index contributed by atoms with van der Waals surface area (Å²) in [5.41, 5.74) is 0. The zero-order valence-electron chi connectivity index (χ0n) is 9.17. The molecule has 0 saturated carbocycles. The Morgan fingerprint density at radius 1 is 1.27 bits per heavy atom. The summed E-state index contributed by atoms with van der Waals surface area (Å²) < 4.78 is 20.5. The van der Waals surface area contributed by atoms with Crippen molar-refractivity contribution in [3.63, 3.8) is 0 Å². The number of rotatable bonds is 5. The molecule has 0 unspecified atom stereocenters. The molecule has 0 bridgehead atoms. The molecule has 1 aliphatic heterocycles. The Morgan fingerprint density at radius 3 is 2.33 bits per heavy atom. The van der Waals surface area contributed by atoms with E-state index in [1.165, 1.54) is 21.3 Å². The average molecular weight is 222 g/mol. The third kappa shape index (κ3) is 2.30. The topological polar surface area (TPSA) is 77.4 Å². The molecule has 2 N–H and O–H groups in total. The van der Waals surface area contributed by atoms with Crippen molar-refractivity contribution in [3.05, 3.63) is 0 Å². The van der Waals surface area contributed by atoms with Crippen LogP contribution < -0.4 is 0 Å². The predicted molar refractivity (Wildman–Crippen MR) is 50.4 cm³/mol.